The number of oxazole rings is 1. The summed E-state index contributed by atoms with van der Waals surface area (Å²) in [6, 6.07) is 7.90. The summed E-state index contributed by atoms with van der Waals surface area (Å²) in [4.78, 5) is 31.4. The molecule has 1 amide bonds. The molecule has 0 aliphatic carbocycles. The van der Waals surface area contributed by atoms with Gasteiger partial charge in [-0.3, -0.25) is 9.59 Å². The SMILES string of the molecule is O=C(CCc1ncc(-c2ccc(F)cc2)o1)OCC(=O)N1CCc2sccc2C1. The van der Waals surface area contributed by atoms with Crippen LogP contribution in [-0.2, 0) is 33.7 Å². The van der Waals surface area contributed by atoms with Crippen LogP contribution >= 0.6 is 11.3 Å². The summed E-state index contributed by atoms with van der Waals surface area (Å²) in [6.45, 7) is 0.953. The zero-order valence-corrected chi connectivity index (χ0v) is 16.4. The molecule has 29 heavy (non-hydrogen) atoms. The van der Waals surface area contributed by atoms with Gasteiger partial charge in [0.1, 0.15) is 5.82 Å². The van der Waals surface area contributed by atoms with Crippen molar-refractivity contribution in [1.29, 1.82) is 0 Å². The Morgan fingerprint density at radius 3 is 2.90 bits per heavy atom. The number of thiophene rings is 1. The van der Waals surface area contributed by atoms with Crippen molar-refractivity contribution >= 4 is 23.2 Å². The van der Waals surface area contributed by atoms with Gasteiger partial charge in [0.2, 0.25) is 0 Å². The molecule has 1 aromatic carbocycles. The maximum absolute atomic E-state index is 13.0. The number of esters is 1. The lowest BCUT2D eigenvalue weighted by atomic mass is 10.1. The fourth-order valence-corrected chi connectivity index (χ4v) is 4.04. The van der Waals surface area contributed by atoms with Crippen LogP contribution in [0.25, 0.3) is 11.3 Å². The molecule has 0 spiro atoms. The average molecular weight is 414 g/mol. The number of ether oxygens (including phenoxy) is 1. The van der Waals surface area contributed by atoms with E-state index >= 15 is 0 Å². The van der Waals surface area contributed by atoms with Crippen molar-refractivity contribution in [2.24, 2.45) is 0 Å². The number of fused-ring (bicyclic) bond motifs is 1. The molecular weight excluding hydrogens is 395 g/mol. The van der Waals surface area contributed by atoms with E-state index in [1.165, 1.54) is 28.8 Å². The first-order valence-corrected chi connectivity index (χ1v) is 10.2. The maximum atomic E-state index is 13.0. The Labute approximate surface area is 170 Å². The van der Waals surface area contributed by atoms with Crippen LogP contribution < -0.4 is 0 Å². The number of rotatable bonds is 6. The molecule has 0 atom stereocenters. The minimum Gasteiger partial charge on any atom is -0.456 e. The van der Waals surface area contributed by atoms with Gasteiger partial charge in [-0.2, -0.15) is 0 Å². The maximum Gasteiger partial charge on any atom is 0.306 e. The summed E-state index contributed by atoms with van der Waals surface area (Å²) in [7, 11) is 0. The van der Waals surface area contributed by atoms with E-state index in [1.54, 1.807) is 28.4 Å². The standard InChI is InChI=1S/C21H19FN2O4S/c22-16-3-1-14(2-4-16)17-11-23-19(28-17)5-6-21(26)27-13-20(25)24-9-7-18-15(12-24)8-10-29-18/h1-4,8,10-11H,5-7,9,12-13H2. The van der Waals surface area contributed by atoms with E-state index in [-0.39, 0.29) is 31.2 Å². The van der Waals surface area contributed by atoms with Gasteiger partial charge in [-0.1, -0.05) is 0 Å². The second kappa shape index (κ2) is 8.57. The quantitative estimate of drug-likeness (QED) is 0.576. The molecule has 6 nitrogen and oxygen atoms in total. The second-order valence-electron chi connectivity index (χ2n) is 6.72. The van der Waals surface area contributed by atoms with Crippen molar-refractivity contribution in [2.75, 3.05) is 13.2 Å². The van der Waals surface area contributed by atoms with Crippen LogP contribution in [0.5, 0.6) is 0 Å². The highest BCUT2D eigenvalue weighted by Gasteiger charge is 2.22. The lowest BCUT2D eigenvalue weighted by Gasteiger charge is -2.26. The Kier molecular flexibility index (Phi) is 5.71. The van der Waals surface area contributed by atoms with Crippen molar-refractivity contribution in [3.05, 3.63) is 64.1 Å². The van der Waals surface area contributed by atoms with Crippen molar-refractivity contribution in [3.8, 4) is 11.3 Å². The lowest BCUT2D eigenvalue weighted by Crippen LogP contribution is -2.38. The molecule has 8 heteroatoms. The van der Waals surface area contributed by atoms with Crippen LogP contribution in [0.15, 0.2) is 46.3 Å². The van der Waals surface area contributed by atoms with Crippen molar-refractivity contribution < 1.29 is 23.1 Å². The van der Waals surface area contributed by atoms with Crippen molar-refractivity contribution in [3.63, 3.8) is 0 Å². The molecule has 150 valence electrons. The Balaban J connectivity index is 1.22. The molecular formula is C21H19FN2O4S. The molecule has 4 rings (SSSR count). The molecule has 1 aliphatic rings. The number of nitrogens with zero attached hydrogens (tertiary/aromatic N) is 2. The minimum absolute atomic E-state index is 0.0608. The first-order chi connectivity index (χ1) is 14.1. The predicted molar refractivity (Wildman–Crippen MR) is 105 cm³/mol. The number of hydrogen-bond donors (Lipinski definition) is 0. The fourth-order valence-electron chi connectivity index (χ4n) is 3.15. The van der Waals surface area contributed by atoms with Gasteiger partial charge < -0.3 is 14.1 Å². The second-order valence-corrected chi connectivity index (χ2v) is 7.72. The van der Waals surface area contributed by atoms with E-state index in [0.717, 1.165) is 6.42 Å². The zero-order valence-electron chi connectivity index (χ0n) is 15.6. The number of carbonyl (C=O) groups is 2. The molecule has 0 radical (unpaired) electrons. The van der Waals surface area contributed by atoms with Gasteiger partial charge in [0.05, 0.1) is 12.6 Å². The van der Waals surface area contributed by atoms with Crippen LogP contribution in [0, 0.1) is 5.82 Å². The monoisotopic (exact) mass is 414 g/mol. The average Bonchev–Trinajstić information content (AvgIpc) is 3.40. The van der Waals surface area contributed by atoms with Crippen LogP contribution in [0.1, 0.15) is 22.8 Å². The Morgan fingerprint density at radius 1 is 1.24 bits per heavy atom. The van der Waals surface area contributed by atoms with Crippen LogP contribution in [0.2, 0.25) is 0 Å². The summed E-state index contributed by atoms with van der Waals surface area (Å²) in [5, 5.41) is 2.03. The summed E-state index contributed by atoms with van der Waals surface area (Å²) >= 11 is 1.71. The van der Waals surface area contributed by atoms with E-state index in [9.17, 15) is 14.0 Å². The summed E-state index contributed by atoms with van der Waals surface area (Å²) in [5.41, 5.74) is 1.87. The number of amides is 1. The molecule has 2 aromatic heterocycles. The Morgan fingerprint density at radius 2 is 2.07 bits per heavy atom. The molecule has 0 bridgehead atoms. The van der Waals surface area contributed by atoms with E-state index in [4.69, 9.17) is 9.15 Å². The molecule has 0 unspecified atom stereocenters. The highest BCUT2D eigenvalue weighted by atomic mass is 32.1. The number of carbonyl (C=O) groups excluding carboxylic acids is 2. The number of aryl methyl sites for hydroxylation is 1. The van der Waals surface area contributed by atoms with Gasteiger partial charge >= 0.3 is 5.97 Å². The number of benzene rings is 1. The van der Waals surface area contributed by atoms with Gasteiger partial charge in [-0.15, -0.1) is 11.3 Å². The smallest absolute Gasteiger partial charge is 0.306 e. The fraction of sp³-hybridized carbons (Fsp3) is 0.286. The lowest BCUT2D eigenvalue weighted by molar-refractivity contribution is -0.152. The topological polar surface area (TPSA) is 72.6 Å². The van der Waals surface area contributed by atoms with Gasteiger partial charge in [0, 0.05) is 30.0 Å². The summed E-state index contributed by atoms with van der Waals surface area (Å²) in [5.74, 6) is -0.112. The molecule has 3 heterocycles. The predicted octanol–water partition coefficient (Wildman–Crippen LogP) is 3.60. The van der Waals surface area contributed by atoms with E-state index in [2.05, 4.69) is 4.98 Å². The normalized spacial score (nSPS) is 13.2. The van der Waals surface area contributed by atoms with Crippen molar-refractivity contribution in [1.82, 2.24) is 9.88 Å². The number of halogens is 1. The summed E-state index contributed by atoms with van der Waals surface area (Å²) in [6.07, 6.45) is 2.70. The van der Waals surface area contributed by atoms with E-state index < -0.39 is 5.97 Å². The Hall–Kier alpha value is -3.00. The largest absolute Gasteiger partial charge is 0.456 e. The van der Waals surface area contributed by atoms with Crippen LogP contribution in [0.4, 0.5) is 4.39 Å². The first kappa shape index (κ1) is 19.3. The highest BCUT2D eigenvalue weighted by Crippen LogP contribution is 2.24. The molecule has 0 saturated carbocycles. The number of hydrogen-bond acceptors (Lipinski definition) is 6. The van der Waals surface area contributed by atoms with E-state index in [0.29, 0.717) is 30.3 Å². The Bertz CT molecular complexity index is 1010. The van der Waals surface area contributed by atoms with Gasteiger partial charge in [-0.05, 0) is 47.7 Å². The summed E-state index contributed by atoms with van der Waals surface area (Å²) < 4.78 is 23.7. The van der Waals surface area contributed by atoms with Gasteiger partial charge in [-0.25, -0.2) is 9.37 Å². The minimum atomic E-state index is -0.479. The molecule has 1 aliphatic heterocycles. The third-order valence-corrected chi connectivity index (χ3v) is 5.77. The highest BCUT2D eigenvalue weighted by molar-refractivity contribution is 7.10. The molecule has 0 fully saturated rings. The van der Waals surface area contributed by atoms with Crippen LogP contribution in [0.3, 0.4) is 0 Å². The van der Waals surface area contributed by atoms with Crippen molar-refractivity contribution in [2.45, 2.75) is 25.8 Å². The molecule has 0 saturated heterocycles. The third-order valence-electron chi connectivity index (χ3n) is 4.74. The molecule has 0 N–H and O–H groups in total. The van der Waals surface area contributed by atoms with Gasteiger partial charge in [0.15, 0.2) is 18.3 Å². The van der Waals surface area contributed by atoms with E-state index in [1.807, 2.05) is 11.4 Å². The first-order valence-electron chi connectivity index (χ1n) is 9.28. The third kappa shape index (κ3) is 4.71. The number of aromatic nitrogens is 1. The van der Waals surface area contributed by atoms with Crippen LogP contribution in [-0.4, -0.2) is 34.9 Å². The zero-order chi connectivity index (χ0) is 20.2. The molecule has 3 aromatic rings. The van der Waals surface area contributed by atoms with Gasteiger partial charge in [0.25, 0.3) is 5.91 Å².